The largest absolute Gasteiger partial charge is 0.294 e. The summed E-state index contributed by atoms with van der Waals surface area (Å²) >= 11 is 0. The summed E-state index contributed by atoms with van der Waals surface area (Å²) in [6.45, 7) is 6.45. The summed E-state index contributed by atoms with van der Waals surface area (Å²) in [7, 11) is -4.11. The van der Waals surface area contributed by atoms with Gasteiger partial charge < -0.3 is 0 Å². The van der Waals surface area contributed by atoms with E-state index in [-0.39, 0.29) is 4.91 Å². The fourth-order valence-corrected chi connectivity index (χ4v) is 0.854. The smallest absolute Gasteiger partial charge is 0.282 e. The quantitative estimate of drug-likeness (QED) is 0.497. The van der Waals surface area contributed by atoms with Crippen LogP contribution in [-0.2, 0) is 10.1 Å². The molecule has 0 bridgehead atoms. The second-order valence-electron chi connectivity index (χ2n) is 1.48. The molecular formula is C6H8O3S. The highest BCUT2D eigenvalue weighted by Crippen LogP contribution is 2.03. The average Bonchev–Trinajstić information content (AvgIpc) is 1.80. The van der Waals surface area contributed by atoms with Crippen molar-refractivity contribution in [1.82, 2.24) is 0 Å². The van der Waals surface area contributed by atoms with Crippen LogP contribution in [0.5, 0.6) is 0 Å². The van der Waals surface area contributed by atoms with Crippen LogP contribution in [0.15, 0.2) is 36.3 Å². The standard InChI is InChI=1S/C6H8O3S/c1-3-5-6(4-2)10(7,8)9/h3-5H,1-2H2,(H,7,8,9)/b6-5+. The molecule has 0 radical (unpaired) electrons. The van der Waals surface area contributed by atoms with Crippen LogP contribution < -0.4 is 0 Å². The van der Waals surface area contributed by atoms with Crippen molar-refractivity contribution < 1.29 is 13.0 Å². The molecule has 0 rings (SSSR count). The van der Waals surface area contributed by atoms with Crippen LogP contribution in [0.4, 0.5) is 0 Å². The second-order valence-corrected chi connectivity index (χ2v) is 2.91. The molecule has 3 nitrogen and oxygen atoms in total. The molecule has 0 spiro atoms. The van der Waals surface area contributed by atoms with Crippen molar-refractivity contribution in [3.63, 3.8) is 0 Å². The molecule has 0 saturated heterocycles. The zero-order valence-electron chi connectivity index (χ0n) is 5.32. The molecule has 0 heterocycles. The third-order valence-corrected chi connectivity index (χ3v) is 1.68. The summed E-state index contributed by atoms with van der Waals surface area (Å²) in [6.07, 6.45) is 3.45. The molecule has 0 unspecified atom stereocenters. The Morgan fingerprint density at radius 1 is 1.40 bits per heavy atom. The number of hydrogen-bond acceptors (Lipinski definition) is 2. The van der Waals surface area contributed by atoms with Crippen molar-refractivity contribution in [3.05, 3.63) is 36.3 Å². The molecular weight excluding hydrogens is 152 g/mol. The monoisotopic (exact) mass is 160 g/mol. The first-order chi connectivity index (χ1) is 4.52. The molecule has 0 aromatic carbocycles. The Balaban J connectivity index is 4.89. The SMILES string of the molecule is C=C/C=C(\C=C)S(=O)(=O)O. The van der Waals surface area contributed by atoms with E-state index in [1.54, 1.807) is 0 Å². The summed E-state index contributed by atoms with van der Waals surface area (Å²) in [5.74, 6) is 0. The number of hydrogen-bond donors (Lipinski definition) is 1. The van der Waals surface area contributed by atoms with Crippen molar-refractivity contribution in [3.8, 4) is 0 Å². The van der Waals surface area contributed by atoms with E-state index in [0.29, 0.717) is 0 Å². The lowest BCUT2D eigenvalue weighted by Crippen LogP contribution is -1.98. The fourth-order valence-electron chi connectivity index (χ4n) is 0.375. The molecule has 0 aliphatic rings. The average molecular weight is 160 g/mol. The van der Waals surface area contributed by atoms with Gasteiger partial charge in [-0.15, -0.1) is 0 Å². The first-order valence-electron chi connectivity index (χ1n) is 2.45. The van der Waals surface area contributed by atoms with Crippen molar-refractivity contribution in [2.75, 3.05) is 0 Å². The van der Waals surface area contributed by atoms with Gasteiger partial charge in [-0.25, -0.2) is 0 Å². The summed E-state index contributed by atoms with van der Waals surface area (Å²) in [6, 6.07) is 0. The highest BCUT2D eigenvalue weighted by atomic mass is 32.2. The minimum absolute atomic E-state index is 0.248. The van der Waals surface area contributed by atoms with Crippen LogP contribution in [0.1, 0.15) is 0 Å². The predicted octanol–water partition coefficient (Wildman–Crippen LogP) is 1.13. The van der Waals surface area contributed by atoms with E-state index in [2.05, 4.69) is 13.2 Å². The van der Waals surface area contributed by atoms with E-state index in [0.717, 1.165) is 12.2 Å². The summed E-state index contributed by atoms with van der Waals surface area (Å²) < 4.78 is 29.0. The Hall–Kier alpha value is -0.870. The Morgan fingerprint density at radius 3 is 2.00 bits per heavy atom. The molecule has 0 saturated carbocycles. The minimum atomic E-state index is -4.11. The summed E-state index contributed by atoms with van der Waals surface area (Å²) in [5, 5.41) is 0. The second kappa shape index (κ2) is 3.34. The molecule has 4 heteroatoms. The van der Waals surface area contributed by atoms with Gasteiger partial charge in [0.25, 0.3) is 10.1 Å². The third-order valence-electron chi connectivity index (χ3n) is 0.781. The first-order valence-corrected chi connectivity index (χ1v) is 3.89. The lowest BCUT2D eigenvalue weighted by atomic mass is 10.5. The van der Waals surface area contributed by atoms with E-state index in [4.69, 9.17) is 4.55 Å². The molecule has 0 atom stereocenters. The van der Waals surface area contributed by atoms with Crippen LogP contribution in [0.2, 0.25) is 0 Å². The first kappa shape index (κ1) is 9.13. The Morgan fingerprint density at radius 2 is 1.90 bits per heavy atom. The van der Waals surface area contributed by atoms with E-state index in [1.807, 2.05) is 0 Å². The Kier molecular flexibility index (Phi) is 3.05. The van der Waals surface area contributed by atoms with Gasteiger partial charge in [-0.1, -0.05) is 19.2 Å². The third kappa shape index (κ3) is 2.61. The van der Waals surface area contributed by atoms with Crippen LogP contribution in [0, 0.1) is 0 Å². The van der Waals surface area contributed by atoms with Gasteiger partial charge in [0.15, 0.2) is 0 Å². The van der Waals surface area contributed by atoms with Gasteiger partial charge in [-0.05, 0) is 12.2 Å². The fraction of sp³-hybridized carbons (Fsp3) is 0. The van der Waals surface area contributed by atoms with E-state index in [1.165, 1.54) is 6.08 Å². The maximum absolute atomic E-state index is 10.3. The Bertz CT molecular complexity index is 259. The lowest BCUT2D eigenvalue weighted by Gasteiger charge is -1.92. The van der Waals surface area contributed by atoms with Gasteiger partial charge in [0.2, 0.25) is 0 Å². The van der Waals surface area contributed by atoms with Crippen molar-refractivity contribution in [2.24, 2.45) is 0 Å². The van der Waals surface area contributed by atoms with Gasteiger partial charge in [0.1, 0.15) is 0 Å². The molecule has 10 heavy (non-hydrogen) atoms. The van der Waals surface area contributed by atoms with Gasteiger partial charge in [-0.2, -0.15) is 8.42 Å². The highest BCUT2D eigenvalue weighted by molar-refractivity contribution is 7.90. The van der Waals surface area contributed by atoms with Crippen molar-refractivity contribution in [1.29, 1.82) is 0 Å². The highest BCUT2D eigenvalue weighted by Gasteiger charge is 2.06. The molecule has 56 valence electrons. The van der Waals surface area contributed by atoms with Gasteiger partial charge in [-0.3, -0.25) is 4.55 Å². The molecule has 0 amide bonds. The molecule has 0 aromatic rings. The maximum atomic E-state index is 10.3. The summed E-state index contributed by atoms with van der Waals surface area (Å²) in [4.78, 5) is -0.248. The summed E-state index contributed by atoms with van der Waals surface area (Å²) in [5.41, 5.74) is 0. The van der Waals surface area contributed by atoms with Gasteiger partial charge in [0.05, 0.1) is 4.91 Å². The maximum Gasteiger partial charge on any atom is 0.294 e. The molecule has 0 aliphatic heterocycles. The van der Waals surface area contributed by atoms with Crippen LogP contribution in [-0.4, -0.2) is 13.0 Å². The zero-order chi connectivity index (χ0) is 8.20. The lowest BCUT2D eigenvalue weighted by molar-refractivity contribution is 0.492. The van der Waals surface area contributed by atoms with Crippen LogP contribution in [0.25, 0.3) is 0 Å². The van der Waals surface area contributed by atoms with Crippen molar-refractivity contribution >= 4 is 10.1 Å². The zero-order valence-corrected chi connectivity index (χ0v) is 6.13. The minimum Gasteiger partial charge on any atom is -0.282 e. The topological polar surface area (TPSA) is 54.4 Å². The molecule has 1 N–H and O–H groups in total. The Labute approximate surface area is 60.1 Å². The molecule has 0 fully saturated rings. The normalized spacial score (nSPS) is 12.7. The predicted molar refractivity (Wildman–Crippen MR) is 40.0 cm³/mol. The van der Waals surface area contributed by atoms with E-state index < -0.39 is 10.1 Å². The van der Waals surface area contributed by atoms with Crippen molar-refractivity contribution in [2.45, 2.75) is 0 Å². The number of allylic oxidation sites excluding steroid dienone is 3. The van der Waals surface area contributed by atoms with E-state index >= 15 is 0 Å². The molecule has 0 aliphatic carbocycles. The number of rotatable bonds is 3. The van der Waals surface area contributed by atoms with Crippen LogP contribution >= 0.6 is 0 Å². The van der Waals surface area contributed by atoms with Gasteiger partial charge in [0, 0.05) is 0 Å². The van der Waals surface area contributed by atoms with Gasteiger partial charge >= 0.3 is 0 Å². The van der Waals surface area contributed by atoms with Crippen LogP contribution in [0.3, 0.4) is 0 Å². The van der Waals surface area contributed by atoms with E-state index in [9.17, 15) is 8.42 Å². The molecule has 0 aromatic heterocycles.